The molecule has 1 heterocycles. The number of thioether (sulfide) groups is 1. The number of benzene rings is 1. The molecule has 26 heavy (non-hydrogen) atoms. The number of nitrogens with one attached hydrogen (secondary N) is 1. The summed E-state index contributed by atoms with van der Waals surface area (Å²) in [5.41, 5.74) is 4.26. The van der Waals surface area contributed by atoms with Crippen LogP contribution in [0, 0.1) is 6.92 Å². The molecule has 3 rings (SSSR count). The van der Waals surface area contributed by atoms with Crippen LogP contribution in [0.1, 0.15) is 66.8 Å². The number of aryl methyl sites for hydroxylation is 1. The van der Waals surface area contributed by atoms with Crippen molar-refractivity contribution in [2.45, 2.75) is 57.7 Å². The predicted molar refractivity (Wildman–Crippen MR) is 109 cm³/mol. The van der Waals surface area contributed by atoms with Crippen molar-refractivity contribution in [3.8, 4) is 0 Å². The topological polar surface area (TPSA) is 46.9 Å². The van der Waals surface area contributed by atoms with E-state index in [0.29, 0.717) is 18.2 Å². The Balaban J connectivity index is 1.48. The molecule has 0 unspecified atom stereocenters. The molecule has 0 radical (unpaired) electrons. The summed E-state index contributed by atoms with van der Waals surface area (Å²) in [6.45, 7) is 9.17. The number of hydrogen-bond donors (Lipinski definition) is 1. The standard InChI is InChI=1S/C21H29N3OS/c1-15-5-7-16(8-6-15)14-26-12-11-22-20(25)18-13-19(17-9-10-17)24(23-18)21(2,3)4/h5-8,13,17H,9-12,14H2,1-4H3,(H,22,25). The summed E-state index contributed by atoms with van der Waals surface area (Å²) in [4.78, 5) is 12.5. The monoisotopic (exact) mass is 371 g/mol. The average molecular weight is 372 g/mol. The van der Waals surface area contributed by atoms with Crippen molar-refractivity contribution in [3.05, 3.63) is 52.8 Å². The van der Waals surface area contributed by atoms with Gasteiger partial charge in [0.05, 0.1) is 5.54 Å². The Morgan fingerprint density at radius 2 is 1.96 bits per heavy atom. The Kier molecular flexibility index (Phi) is 5.76. The molecule has 5 heteroatoms. The highest BCUT2D eigenvalue weighted by Gasteiger charge is 2.32. The fourth-order valence-corrected chi connectivity index (χ4v) is 3.73. The van der Waals surface area contributed by atoms with E-state index in [1.54, 1.807) is 0 Å². The summed E-state index contributed by atoms with van der Waals surface area (Å²) in [7, 11) is 0. The van der Waals surface area contributed by atoms with Crippen molar-refractivity contribution in [1.29, 1.82) is 0 Å². The molecule has 0 aliphatic heterocycles. The molecular formula is C21H29N3OS. The number of rotatable bonds is 7. The molecule has 4 nitrogen and oxygen atoms in total. The lowest BCUT2D eigenvalue weighted by Crippen LogP contribution is -2.28. The minimum Gasteiger partial charge on any atom is -0.350 e. The highest BCUT2D eigenvalue weighted by molar-refractivity contribution is 7.98. The van der Waals surface area contributed by atoms with Crippen LogP contribution in [-0.4, -0.2) is 28.0 Å². The Hall–Kier alpha value is -1.75. The van der Waals surface area contributed by atoms with Gasteiger partial charge in [-0.15, -0.1) is 0 Å². The number of nitrogens with zero attached hydrogens (tertiary/aromatic N) is 2. The van der Waals surface area contributed by atoms with Crippen LogP contribution in [0.3, 0.4) is 0 Å². The molecule has 0 spiro atoms. The molecule has 0 atom stereocenters. The summed E-state index contributed by atoms with van der Waals surface area (Å²) in [6.07, 6.45) is 2.41. The van der Waals surface area contributed by atoms with Gasteiger partial charge < -0.3 is 5.32 Å². The van der Waals surface area contributed by atoms with Gasteiger partial charge in [-0.25, -0.2) is 0 Å². The van der Waals surface area contributed by atoms with E-state index < -0.39 is 0 Å². The molecule has 1 aliphatic rings. The van der Waals surface area contributed by atoms with Crippen molar-refractivity contribution < 1.29 is 4.79 Å². The Morgan fingerprint density at radius 1 is 1.27 bits per heavy atom. The first-order valence-corrected chi connectivity index (χ1v) is 10.5. The van der Waals surface area contributed by atoms with Gasteiger partial charge in [0.1, 0.15) is 5.69 Å². The zero-order valence-electron chi connectivity index (χ0n) is 16.2. The third-order valence-electron chi connectivity index (χ3n) is 4.52. The lowest BCUT2D eigenvalue weighted by atomic mass is 10.1. The van der Waals surface area contributed by atoms with Crippen LogP contribution in [0.2, 0.25) is 0 Å². The second kappa shape index (κ2) is 7.87. The molecule has 1 saturated carbocycles. The Labute approximate surface area is 160 Å². The van der Waals surface area contributed by atoms with Crippen LogP contribution in [0.15, 0.2) is 30.3 Å². The van der Waals surface area contributed by atoms with E-state index in [4.69, 9.17) is 0 Å². The lowest BCUT2D eigenvalue weighted by molar-refractivity contribution is 0.0949. The number of carbonyl (C=O) groups excluding carboxylic acids is 1. The Morgan fingerprint density at radius 3 is 2.58 bits per heavy atom. The molecule has 1 aliphatic carbocycles. The second-order valence-corrected chi connectivity index (χ2v) is 9.21. The number of aromatic nitrogens is 2. The van der Waals surface area contributed by atoms with E-state index in [1.165, 1.54) is 29.7 Å². The van der Waals surface area contributed by atoms with Crippen LogP contribution >= 0.6 is 11.8 Å². The van der Waals surface area contributed by atoms with E-state index in [1.807, 2.05) is 22.5 Å². The molecule has 0 bridgehead atoms. The van der Waals surface area contributed by atoms with Crippen molar-refractivity contribution in [3.63, 3.8) is 0 Å². The van der Waals surface area contributed by atoms with Gasteiger partial charge in [0.2, 0.25) is 0 Å². The third-order valence-corrected chi connectivity index (χ3v) is 5.55. The van der Waals surface area contributed by atoms with Crippen LogP contribution in [0.4, 0.5) is 0 Å². The minimum atomic E-state index is -0.0969. The number of carbonyl (C=O) groups is 1. The van der Waals surface area contributed by atoms with Crippen molar-refractivity contribution >= 4 is 17.7 Å². The normalized spacial score (nSPS) is 14.5. The van der Waals surface area contributed by atoms with E-state index in [0.717, 1.165) is 11.5 Å². The van der Waals surface area contributed by atoms with Crippen molar-refractivity contribution in [2.75, 3.05) is 12.3 Å². The van der Waals surface area contributed by atoms with Crippen LogP contribution in [0.5, 0.6) is 0 Å². The summed E-state index contributed by atoms with van der Waals surface area (Å²) >= 11 is 1.84. The number of amides is 1. The molecular weight excluding hydrogens is 342 g/mol. The smallest absolute Gasteiger partial charge is 0.271 e. The zero-order chi connectivity index (χ0) is 18.7. The average Bonchev–Trinajstić information content (AvgIpc) is 3.33. The van der Waals surface area contributed by atoms with Gasteiger partial charge in [0, 0.05) is 29.7 Å². The highest BCUT2D eigenvalue weighted by Crippen LogP contribution is 2.41. The maximum Gasteiger partial charge on any atom is 0.271 e. The van der Waals surface area contributed by atoms with E-state index in [9.17, 15) is 4.79 Å². The first-order valence-electron chi connectivity index (χ1n) is 9.36. The van der Waals surface area contributed by atoms with E-state index in [-0.39, 0.29) is 11.4 Å². The zero-order valence-corrected chi connectivity index (χ0v) is 17.0. The summed E-state index contributed by atoms with van der Waals surface area (Å²) in [5, 5.41) is 7.61. The van der Waals surface area contributed by atoms with Crippen LogP contribution in [-0.2, 0) is 11.3 Å². The SMILES string of the molecule is Cc1ccc(CSCCNC(=O)c2cc(C3CC3)n(C(C)(C)C)n2)cc1. The minimum absolute atomic E-state index is 0.0640. The first-order chi connectivity index (χ1) is 12.3. The maximum atomic E-state index is 12.5. The van der Waals surface area contributed by atoms with Crippen LogP contribution in [0.25, 0.3) is 0 Å². The molecule has 0 saturated heterocycles. The fraction of sp³-hybridized carbons (Fsp3) is 0.524. The van der Waals surface area contributed by atoms with Gasteiger partial charge in [0.15, 0.2) is 0 Å². The summed E-state index contributed by atoms with van der Waals surface area (Å²) in [6, 6.07) is 10.6. The summed E-state index contributed by atoms with van der Waals surface area (Å²) < 4.78 is 2.03. The van der Waals surface area contributed by atoms with Crippen molar-refractivity contribution in [2.24, 2.45) is 0 Å². The summed E-state index contributed by atoms with van der Waals surface area (Å²) in [5.74, 6) is 2.38. The molecule has 1 fully saturated rings. The van der Waals surface area contributed by atoms with Gasteiger partial charge in [-0.2, -0.15) is 16.9 Å². The number of hydrogen-bond acceptors (Lipinski definition) is 3. The van der Waals surface area contributed by atoms with E-state index in [2.05, 4.69) is 62.4 Å². The molecule has 2 aromatic rings. The Bertz CT molecular complexity index is 755. The highest BCUT2D eigenvalue weighted by atomic mass is 32.2. The molecule has 1 amide bonds. The van der Waals surface area contributed by atoms with Crippen LogP contribution < -0.4 is 5.32 Å². The van der Waals surface area contributed by atoms with Crippen molar-refractivity contribution in [1.82, 2.24) is 15.1 Å². The fourth-order valence-electron chi connectivity index (χ4n) is 2.92. The molecule has 1 aromatic heterocycles. The molecule has 1 N–H and O–H groups in total. The first kappa shape index (κ1) is 19.0. The third kappa shape index (κ3) is 4.91. The maximum absolute atomic E-state index is 12.5. The van der Waals surface area contributed by atoms with Gasteiger partial charge >= 0.3 is 0 Å². The predicted octanol–water partition coefficient (Wildman–Crippen LogP) is 4.49. The van der Waals surface area contributed by atoms with Gasteiger partial charge in [-0.05, 0) is 52.2 Å². The van der Waals surface area contributed by atoms with E-state index >= 15 is 0 Å². The van der Waals surface area contributed by atoms with Gasteiger partial charge in [-0.1, -0.05) is 29.8 Å². The quantitative estimate of drug-likeness (QED) is 0.730. The van der Waals surface area contributed by atoms with Gasteiger partial charge in [0.25, 0.3) is 5.91 Å². The van der Waals surface area contributed by atoms with Gasteiger partial charge in [-0.3, -0.25) is 9.48 Å². The molecule has 140 valence electrons. The lowest BCUT2D eigenvalue weighted by Gasteiger charge is -2.22. The molecule has 1 aromatic carbocycles. The largest absolute Gasteiger partial charge is 0.350 e. The second-order valence-electron chi connectivity index (χ2n) is 8.11.